The molecular formula is C19H22N2O3. The Morgan fingerprint density at radius 2 is 1.71 bits per heavy atom. The molecule has 0 aliphatic heterocycles. The van der Waals surface area contributed by atoms with Gasteiger partial charge in [-0.2, -0.15) is 0 Å². The fourth-order valence-electron chi connectivity index (χ4n) is 2.37. The van der Waals surface area contributed by atoms with Crippen LogP contribution in [0.1, 0.15) is 34.0 Å². The molecule has 0 aliphatic carbocycles. The van der Waals surface area contributed by atoms with Gasteiger partial charge in [0.15, 0.2) is 6.10 Å². The van der Waals surface area contributed by atoms with Crippen molar-refractivity contribution in [2.45, 2.75) is 33.8 Å². The lowest BCUT2D eigenvalue weighted by Gasteiger charge is -2.18. The Labute approximate surface area is 141 Å². The number of ether oxygens (including phenoxy) is 1. The molecule has 0 bridgehead atoms. The molecule has 0 saturated carbocycles. The van der Waals surface area contributed by atoms with Gasteiger partial charge in [0.2, 0.25) is 5.91 Å². The Kier molecular flexibility index (Phi) is 5.24. The molecular weight excluding hydrogens is 304 g/mol. The van der Waals surface area contributed by atoms with Crippen LogP contribution in [0.25, 0.3) is 0 Å². The van der Waals surface area contributed by atoms with Crippen LogP contribution >= 0.6 is 0 Å². The number of nitrogens with one attached hydrogen (secondary N) is 1. The second kappa shape index (κ2) is 7.17. The summed E-state index contributed by atoms with van der Waals surface area (Å²) in [7, 11) is 0. The molecule has 0 spiro atoms. The summed E-state index contributed by atoms with van der Waals surface area (Å²) in [4.78, 5) is 23.8. The minimum absolute atomic E-state index is 0.291. The minimum atomic E-state index is -0.679. The monoisotopic (exact) mass is 326 g/mol. The van der Waals surface area contributed by atoms with E-state index in [2.05, 4.69) is 5.32 Å². The van der Waals surface area contributed by atoms with E-state index in [9.17, 15) is 9.59 Å². The molecule has 2 aromatic rings. The normalized spacial score (nSPS) is 11.7. The number of amides is 2. The van der Waals surface area contributed by atoms with Crippen LogP contribution in [0.15, 0.2) is 36.4 Å². The number of benzene rings is 2. The lowest BCUT2D eigenvalue weighted by Crippen LogP contribution is -2.31. The number of aryl methyl sites for hydroxylation is 1. The Bertz CT molecular complexity index is 784. The van der Waals surface area contributed by atoms with Crippen molar-refractivity contribution in [3.05, 3.63) is 58.7 Å². The minimum Gasteiger partial charge on any atom is -0.481 e. The predicted octanol–water partition coefficient (Wildman–Crippen LogP) is 3.12. The Hall–Kier alpha value is -2.82. The first-order valence-corrected chi connectivity index (χ1v) is 7.74. The molecule has 126 valence electrons. The van der Waals surface area contributed by atoms with E-state index in [0.717, 1.165) is 11.1 Å². The quantitative estimate of drug-likeness (QED) is 0.886. The molecule has 1 atom stereocenters. The van der Waals surface area contributed by atoms with E-state index in [4.69, 9.17) is 10.5 Å². The largest absolute Gasteiger partial charge is 0.481 e. The third-order valence-corrected chi connectivity index (χ3v) is 4.09. The van der Waals surface area contributed by atoms with Gasteiger partial charge in [-0.05, 0) is 62.6 Å². The Morgan fingerprint density at radius 1 is 1.04 bits per heavy atom. The fraction of sp³-hybridized carbons (Fsp3) is 0.263. The van der Waals surface area contributed by atoms with Crippen molar-refractivity contribution in [1.29, 1.82) is 0 Å². The molecule has 0 heterocycles. The molecule has 0 unspecified atom stereocenters. The van der Waals surface area contributed by atoms with Crippen molar-refractivity contribution in [2.24, 2.45) is 5.73 Å². The maximum absolute atomic E-state index is 12.4. The summed E-state index contributed by atoms with van der Waals surface area (Å²) >= 11 is 0. The van der Waals surface area contributed by atoms with Gasteiger partial charge in [-0.1, -0.05) is 18.2 Å². The van der Waals surface area contributed by atoms with Crippen molar-refractivity contribution in [1.82, 2.24) is 0 Å². The number of rotatable bonds is 5. The first-order chi connectivity index (χ1) is 11.3. The molecule has 2 aromatic carbocycles. The van der Waals surface area contributed by atoms with E-state index in [-0.39, 0.29) is 5.91 Å². The zero-order valence-corrected chi connectivity index (χ0v) is 14.3. The van der Waals surface area contributed by atoms with Gasteiger partial charge in [0.05, 0.1) is 0 Å². The van der Waals surface area contributed by atoms with E-state index in [1.54, 1.807) is 32.0 Å². The van der Waals surface area contributed by atoms with E-state index >= 15 is 0 Å². The van der Waals surface area contributed by atoms with Crippen molar-refractivity contribution in [3.63, 3.8) is 0 Å². The second-order valence-corrected chi connectivity index (χ2v) is 5.79. The number of anilines is 1. The molecule has 5 heteroatoms. The van der Waals surface area contributed by atoms with Crippen LogP contribution in [0, 0.1) is 20.8 Å². The molecule has 2 rings (SSSR count). The summed E-state index contributed by atoms with van der Waals surface area (Å²) in [5.41, 5.74) is 9.01. The number of nitrogens with two attached hydrogens (primary N) is 1. The van der Waals surface area contributed by atoms with Gasteiger partial charge < -0.3 is 15.8 Å². The Morgan fingerprint density at radius 3 is 2.38 bits per heavy atom. The summed E-state index contributed by atoms with van der Waals surface area (Å²) in [6, 6.07) is 10.8. The zero-order valence-electron chi connectivity index (χ0n) is 14.3. The average molecular weight is 326 g/mol. The number of carbonyl (C=O) groups is 2. The molecule has 0 fully saturated rings. The highest BCUT2D eigenvalue weighted by molar-refractivity contribution is 5.99. The van der Waals surface area contributed by atoms with Crippen LogP contribution in [0.2, 0.25) is 0 Å². The highest BCUT2D eigenvalue weighted by Crippen LogP contribution is 2.23. The van der Waals surface area contributed by atoms with Gasteiger partial charge in [0, 0.05) is 11.3 Å². The maximum Gasteiger partial charge on any atom is 0.265 e. The van der Waals surface area contributed by atoms with Crippen LogP contribution in [-0.2, 0) is 4.79 Å². The molecule has 24 heavy (non-hydrogen) atoms. The lowest BCUT2D eigenvalue weighted by atomic mass is 10.1. The molecule has 0 aliphatic rings. The van der Waals surface area contributed by atoms with E-state index in [1.807, 2.05) is 32.0 Å². The topological polar surface area (TPSA) is 81.4 Å². The molecule has 5 nitrogen and oxygen atoms in total. The summed E-state index contributed by atoms with van der Waals surface area (Å²) in [6.45, 7) is 7.37. The molecule has 0 radical (unpaired) electrons. The average Bonchev–Trinajstić information content (AvgIpc) is 2.53. The smallest absolute Gasteiger partial charge is 0.265 e. The van der Waals surface area contributed by atoms with Crippen molar-refractivity contribution in [3.8, 4) is 5.75 Å². The van der Waals surface area contributed by atoms with Crippen LogP contribution in [-0.4, -0.2) is 17.9 Å². The SMILES string of the molecule is Cc1cccc(O[C@@H](C)C(=O)Nc2cccc(C(N)=O)c2C)c1C. The Balaban J connectivity index is 2.14. The van der Waals surface area contributed by atoms with Gasteiger partial charge in [0.25, 0.3) is 5.91 Å². The van der Waals surface area contributed by atoms with E-state index < -0.39 is 12.0 Å². The summed E-state index contributed by atoms with van der Waals surface area (Å²) in [5, 5.41) is 2.79. The van der Waals surface area contributed by atoms with Gasteiger partial charge in [-0.3, -0.25) is 9.59 Å². The van der Waals surface area contributed by atoms with Gasteiger partial charge >= 0.3 is 0 Å². The predicted molar refractivity (Wildman–Crippen MR) is 94.3 cm³/mol. The summed E-state index contributed by atoms with van der Waals surface area (Å²) in [6.07, 6.45) is -0.679. The number of carbonyl (C=O) groups excluding carboxylic acids is 2. The summed E-state index contributed by atoms with van der Waals surface area (Å²) < 4.78 is 5.77. The molecule has 3 N–H and O–H groups in total. The van der Waals surface area contributed by atoms with Crippen LogP contribution in [0.3, 0.4) is 0 Å². The standard InChI is InChI=1S/C19H22N2O3/c1-11-7-5-10-17(12(11)2)24-14(4)19(23)21-16-9-6-8-15(13(16)3)18(20)22/h5-10,14H,1-4H3,(H2,20,22)(H,21,23)/t14-/m0/s1. The van der Waals surface area contributed by atoms with Crippen LogP contribution in [0.5, 0.6) is 5.75 Å². The van der Waals surface area contributed by atoms with Gasteiger partial charge in [-0.25, -0.2) is 0 Å². The van der Waals surface area contributed by atoms with Crippen molar-refractivity contribution >= 4 is 17.5 Å². The summed E-state index contributed by atoms with van der Waals surface area (Å²) in [5.74, 6) is -0.135. The van der Waals surface area contributed by atoms with Crippen molar-refractivity contribution in [2.75, 3.05) is 5.32 Å². The van der Waals surface area contributed by atoms with Gasteiger partial charge in [-0.15, -0.1) is 0 Å². The fourth-order valence-corrected chi connectivity index (χ4v) is 2.37. The zero-order chi connectivity index (χ0) is 17.9. The third kappa shape index (κ3) is 3.74. The number of hydrogen-bond donors (Lipinski definition) is 2. The van der Waals surface area contributed by atoms with E-state index in [0.29, 0.717) is 22.6 Å². The van der Waals surface area contributed by atoms with Gasteiger partial charge in [0.1, 0.15) is 5.75 Å². The lowest BCUT2D eigenvalue weighted by molar-refractivity contribution is -0.122. The van der Waals surface area contributed by atoms with Crippen molar-refractivity contribution < 1.29 is 14.3 Å². The second-order valence-electron chi connectivity index (χ2n) is 5.79. The highest BCUT2D eigenvalue weighted by atomic mass is 16.5. The number of hydrogen-bond acceptors (Lipinski definition) is 3. The third-order valence-electron chi connectivity index (χ3n) is 4.09. The molecule has 0 aromatic heterocycles. The first-order valence-electron chi connectivity index (χ1n) is 7.74. The highest BCUT2D eigenvalue weighted by Gasteiger charge is 2.18. The van der Waals surface area contributed by atoms with Crippen LogP contribution < -0.4 is 15.8 Å². The first kappa shape index (κ1) is 17.5. The number of primary amides is 1. The van der Waals surface area contributed by atoms with E-state index in [1.165, 1.54) is 0 Å². The molecule has 2 amide bonds. The van der Waals surface area contributed by atoms with Crippen LogP contribution in [0.4, 0.5) is 5.69 Å². The maximum atomic E-state index is 12.4. The molecule has 0 saturated heterocycles.